The van der Waals surface area contributed by atoms with Crippen molar-refractivity contribution in [1.82, 2.24) is 10.2 Å². The highest BCUT2D eigenvalue weighted by Gasteiger charge is 2.22. The van der Waals surface area contributed by atoms with E-state index in [1.807, 2.05) is 36.4 Å². The number of likely N-dealkylation sites (tertiary alicyclic amines) is 1. The summed E-state index contributed by atoms with van der Waals surface area (Å²) in [5, 5.41) is 7.26. The van der Waals surface area contributed by atoms with Crippen molar-refractivity contribution in [3.8, 4) is 0 Å². The van der Waals surface area contributed by atoms with E-state index in [0.717, 1.165) is 36.7 Å². The van der Waals surface area contributed by atoms with Gasteiger partial charge >= 0.3 is 0 Å². The molecule has 0 saturated carbocycles. The molecule has 0 unspecified atom stereocenters. The molecule has 1 amide bonds. The van der Waals surface area contributed by atoms with E-state index < -0.39 is 0 Å². The lowest BCUT2D eigenvalue weighted by Gasteiger charge is -2.34. The maximum absolute atomic E-state index is 12.3. The molecule has 2 aromatic carbocycles. The van der Waals surface area contributed by atoms with Crippen LogP contribution in [0.5, 0.6) is 0 Å². The summed E-state index contributed by atoms with van der Waals surface area (Å²) in [7, 11) is 0. The Morgan fingerprint density at radius 1 is 1.04 bits per heavy atom. The van der Waals surface area contributed by atoms with E-state index in [1.165, 1.54) is 11.1 Å². The summed E-state index contributed by atoms with van der Waals surface area (Å²) in [5.74, 6) is 0.000127. The van der Waals surface area contributed by atoms with Gasteiger partial charge in [-0.3, -0.25) is 4.79 Å². The molecule has 2 N–H and O–H groups in total. The second-order valence-electron chi connectivity index (χ2n) is 6.78. The smallest absolute Gasteiger partial charge is 0.251 e. The molecule has 2 aromatic rings. The molecule has 5 heteroatoms. The molecule has 3 rings (SSSR count). The highest BCUT2D eigenvalue weighted by Crippen LogP contribution is 2.20. The minimum Gasteiger partial charge on any atom is -0.349 e. The van der Waals surface area contributed by atoms with Crippen LogP contribution >= 0.6 is 12.2 Å². The summed E-state index contributed by atoms with van der Waals surface area (Å²) in [6, 6.07) is 15.8. The zero-order valence-corrected chi connectivity index (χ0v) is 16.1. The van der Waals surface area contributed by atoms with Crippen molar-refractivity contribution >= 4 is 28.9 Å². The Morgan fingerprint density at radius 2 is 1.73 bits per heavy atom. The number of amides is 1. The van der Waals surface area contributed by atoms with Gasteiger partial charge < -0.3 is 15.5 Å². The van der Waals surface area contributed by atoms with Crippen LogP contribution < -0.4 is 10.6 Å². The zero-order chi connectivity index (χ0) is 18.5. The van der Waals surface area contributed by atoms with Crippen molar-refractivity contribution in [3.63, 3.8) is 0 Å². The van der Waals surface area contributed by atoms with Crippen molar-refractivity contribution in [2.45, 2.75) is 32.7 Å². The lowest BCUT2D eigenvalue weighted by atomic mass is 10.0. The first-order chi connectivity index (χ1) is 12.5. The van der Waals surface area contributed by atoms with Crippen LogP contribution in [0.25, 0.3) is 0 Å². The average molecular weight is 368 g/mol. The van der Waals surface area contributed by atoms with Crippen LogP contribution in [0.2, 0.25) is 0 Å². The minimum absolute atomic E-state index is 0.000127. The molecule has 1 heterocycles. The van der Waals surface area contributed by atoms with Gasteiger partial charge in [0.2, 0.25) is 0 Å². The summed E-state index contributed by atoms with van der Waals surface area (Å²) in [5.41, 5.74) is 4.25. The monoisotopic (exact) mass is 367 g/mol. The normalized spacial score (nSPS) is 14.8. The fraction of sp³-hybridized carbons (Fsp3) is 0.333. The van der Waals surface area contributed by atoms with Crippen LogP contribution in [0.1, 0.15) is 34.3 Å². The van der Waals surface area contributed by atoms with Crippen molar-refractivity contribution < 1.29 is 4.79 Å². The number of hydrogen-bond acceptors (Lipinski definition) is 2. The van der Waals surface area contributed by atoms with Crippen LogP contribution in [0.4, 0.5) is 5.69 Å². The molecule has 26 heavy (non-hydrogen) atoms. The lowest BCUT2D eigenvalue weighted by Crippen LogP contribution is -2.47. The molecule has 0 atom stereocenters. The molecule has 0 radical (unpaired) electrons. The number of nitrogens with zero attached hydrogens (tertiary/aromatic N) is 1. The first kappa shape index (κ1) is 18.4. The highest BCUT2D eigenvalue weighted by molar-refractivity contribution is 7.80. The molecule has 0 bridgehead atoms. The number of hydrogen-bond donors (Lipinski definition) is 2. The molecule has 0 aliphatic carbocycles. The molecule has 1 aliphatic heterocycles. The Hall–Kier alpha value is -2.40. The van der Waals surface area contributed by atoms with E-state index in [1.54, 1.807) is 0 Å². The Kier molecular flexibility index (Phi) is 5.89. The van der Waals surface area contributed by atoms with E-state index in [0.29, 0.717) is 5.56 Å². The Morgan fingerprint density at radius 3 is 2.42 bits per heavy atom. The van der Waals surface area contributed by atoms with Crippen molar-refractivity contribution in [1.29, 1.82) is 0 Å². The van der Waals surface area contributed by atoms with Crippen LogP contribution in [-0.2, 0) is 0 Å². The number of nitrogens with one attached hydrogen (secondary N) is 2. The quantitative estimate of drug-likeness (QED) is 0.808. The molecule has 0 aromatic heterocycles. The predicted molar refractivity (Wildman–Crippen MR) is 111 cm³/mol. The first-order valence-corrected chi connectivity index (χ1v) is 9.43. The number of carbonyl (C=O) groups is 1. The van der Waals surface area contributed by atoms with Gasteiger partial charge in [0.1, 0.15) is 0 Å². The van der Waals surface area contributed by atoms with Crippen LogP contribution in [-0.4, -0.2) is 35.1 Å². The Balaban J connectivity index is 1.51. The number of thiocarbonyl (C=S) groups is 1. The largest absolute Gasteiger partial charge is 0.349 e. The summed E-state index contributed by atoms with van der Waals surface area (Å²) in [6.07, 6.45) is 1.79. The van der Waals surface area contributed by atoms with Crippen molar-refractivity contribution in [3.05, 3.63) is 65.2 Å². The Labute approximate surface area is 160 Å². The minimum atomic E-state index is 0.000127. The number of aryl methyl sites for hydroxylation is 1. The van der Waals surface area contributed by atoms with E-state index >= 15 is 0 Å². The molecule has 4 nitrogen and oxygen atoms in total. The van der Waals surface area contributed by atoms with E-state index in [-0.39, 0.29) is 11.9 Å². The van der Waals surface area contributed by atoms with E-state index in [2.05, 4.69) is 41.5 Å². The number of piperidine rings is 1. The number of rotatable bonds is 3. The van der Waals surface area contributed by atoms with Gasteiger partial charge in [-0.2, -0.15) is 0 Å². The first-order valence-electron chi connectivity index (χ1n) is 9.02. The summed E-state index contributed by atoms with van der Waals surface area (Å²) in [6.45, 7) is 5.89. The lowest BCUT2D eigenvalue weighted by molar-refractivity contribution is 0.0922. The predicted octanol–water partition coefficient (Wildman–Crippen LogP) is 3.89. The van der Waals surface area contributed by atoms with Gasteiger partial charge in [0.15, 0.2) is 5.11 Å². The highest BCUT2D eigenvalue weighted by atomic mass is 32.1. The molecule has 1 saturated heterocycles. The molecule has 0 spiro atoms. The van der Waals surface area contributed by atoms with Gasteiger partial charge in [0.25, 0.3) is 5.91 Å². The Bertz CT molecular complexity index is 783. The standard InChI is InChI=1S/C21H25N3OS/c1-15-7-6-10-19(16(15)2)23-21(26)24-13-11-18(12-14-24)22-20(25)17-8-4-3-5-9-17/h3-10,18H,11-14H2,1-2H3,(H,22,25)(H,23,26). The van der Waals surface area contributed by atoms with Gasteiger partial charge in [-0.05, 0) is 68.2 Å². The van der Waals surface area contributed by atoms with Gasteiger partial charge in [-0.25, -0.2) is 0 Å². The third-order valence-corrected chi connectivity index (χ3v) is 5.36. The summed E-state index contributed by atoms with van der Waals surface area (Å²) in [4.78, 5) is 14.5. The molecule has 1 fully saturated rings. The third-order valence-electron chi connectivity index (χ3n) is 5.00. The summed E-state index contributed by atoms with van der Waals surface area (Å²) < 4.78 is 0. The van der Waals surface area contributed by atoms with Crippen molar-refractivity contribution in [2.75, 3.05) is 18.4 Å². The molecular weight excluding hydrogens is 342 g/mol. The number of carbonyl (C=O) groups excluding carboxylic acids is 1. The van der Waals surface area contributed by atoms with E-state index in [4.69, 9.17) is 12.2 Å². The van der Waals surface area contributed by atoms with Crippen LogP contribution in [0.15, 0.2) is 48.5 Å². The number of benzene rings is 2. The van der Waals surface area contributed by atoms with Crippen LogP contribution in [0, 0.1) is 13.8 Å². The third kappa shape index (κ3) is 4.41. The SMILES string of the molecule is Cc1cccc(NC(=S)N2CCC(NC(=O)c3ccccc3)CC2)c1C. The second kappa shape index (κ2) is 8.32. The molecular formula is C21H25N3OS. The van der Waals surface area contributed by atoms with E-state index in [9.17, 15) is 4.79 Å². The van der Waals surface area contributed by atoms with Gasteiger partial charge in [-0.15, -0.1) is 0 Å². The second-order valence-corrected chi connectivity index (χ2v) is 7.17. The average Bonchev–Trinajstić information content (AvgIpc) is 2.66. The zero-order valence-electron chi connectivity index (χ0n) is 15.3. The van der Waals surface area contributed by atoms with Gasteiger partial charge in [0, 0.05) is 30.4 Å². The maximum atomic E-state index is 12.3. The number of anilines is 1. The molecule has 136 valence electrons. The summed E-state index contributed by atoms with van der Waals surface area (Å²) >= 11 is 5.59. The van der Waals surface area contributed by atoms with Gasteiger partial charge in [-0.1, -0.05) is 30.3 Å². The van der Waals surface area contributed by atoms with Gasteiger partial charge in [0.05, 0.1) is 0 Å². The van der Waals surface area contributed by atoms with Crippen molar-refractivity contribution in [2.24, 2.45) is 0 Å². The molecule has 1 aliphatic rings. The topological polar surface area (TPSA) is 44.4 Å². The maximum Gasteiger partial charge on any atom is 0.251 e. The fourth-order valence-corrected chi connectivity index (χ4v) is 3.46. The van der Waals surface area contributed by atoms with Crippen LogP contribution in [0.3, 0.4) is 0 Å². The fourth-order valence-electron chi connectivity index (χ4n) is 3.17.